The van der Waals surface area contributed by atoms with Gasteiger partial charge < -0.3 is 4.74 Å². The fraction of sp³-hybridized carbons (Fsp3) is 0.0833. The third-order valence-corrected chi connectivity index (χ3v) is 1.67. The van der Waals surface area contributed by atoms with E-state index < -0.39 is 0 Å². The van der Waals surface area contributed by atoms with E-state index in [1.54, 1.807) is 6.08 Å². The lowest BCUT2D eigenvalue weighted by Crippen LogP contribution is -1.88. The van der Waals surface area contributed by atoms with Gasteiger partial charge in [-0.2, -0.15) is 0 Å². The van der Waals surface area contributed by atoms with Crippen molar-refractivity contribution in [3.05, 3.63) is 54.1 Å². The van der Waals surface area contributed by atoms with Gasteiger partial charge in [0.1, 0.15) is 5.76 Å². The van der Waals surface area contributed by atoms with E-state index in [1.165, 1.54) is 0 Å². The third kappa shape index (κ3) is 2.90. The molecule has 0 aliphatic heterocycles. The summed E-state index contributed by atoms with van der Waals surface area (Å²) in [6.45, 7) is 2.34. The number of rotatable bonds is 4. The first kappa shape index (κ1) is 10.3. The zero-order valence-electron chi connectivity index (χ0n) is 8.01. The summed E-state index contributed by atoms with van der Waals surface area (Å²) in [5, 5.41) is 0. The lowest BCUT2D eigenvalue weighted by atomic mass is 10.2. The molecule has 0 bridgehead atoms. The van der Waals surface area contributed by atoms with Crippen molar-refractivity contribution in [2.45, 2.75) is 6.92 Å². The minimum atomic E-state index is 0.433. The van der Waals surface area contributed by atoms with Gasteiger partial charge >= 0.3 is 0 Å². The third-order valence-electron chi connectivity index (χ3n) is 1.67. The summed E-state index contributed by atoms with van der Waals surface area (Å²) in [4.78, 5) is 10.3. The zero-order chi connectivity index (χ0) is 10.2. The second kappa shape index (κ2) is 5.75. The van der Waals surface area contributed by atoms with Crippen LogP contribution in [0.15, 0.2) is 48.6 Å². The lowest BCUT2D eigenvalue weighted by Gasteiger charge is -2.02. The number of hydrogen-bond acceptors (Lipinski definition) is 2. The first-order chi connectivity index (χ1) is 6.88. The molecule has 0 radical (unpaired) electrons. The van der Waals surface area contributed by atoms with Crippen LogP contribution in [0.5, 0.6) is 0 Å². The van der Waals surface area contributed by atoms with E-state index in [4.69, 9.17) is 4.74 Å². The minimum Gasteiger partial charge on any atom is -0.428 e. The van der Waals surface area contributed by atoms with Crippen molar-refractivity contribution in [2.24, 2.45) is 0 Å². The molecule has 0 spiro atoms. The minimum absolute atomic E-state index is 0.433. The maximum Gasteiger partial charge on any atom is 0.298 e. The molecule has 14 heavy (non-hydrogen) atoms. The topological polar surface area (TPSA) is 26.3 Å². The smallest absolute Gasteiger partial charge is 0.298 e. The standard InChI is InChI=1S/C12H12O2/c1-2-3-9-12(14-10-13)11-7-5-4-6-8-11/h2-10H,1H3. The molecule has 0 saturated heterocycles. The molecule has 0 fully saturated rings. The maximum atomic E-state index is 10.3. The summed E-state index contributed by atoms with van der Waals surface area (Å²) in [7, 11) is 0. The Labute approximate surface area is 83.5 Å². The van der Waals surface area contributed by atoms with Crippen molar-refractivity contribution in [1.82, 2.24) is 0 Å². The van der Waals surface area contributed by atoms with Crippen LogP contribution in [0, 0.1) is 0 Å². The van der Waals surface area contributed by atoms with E-state index in [-0.39, 0.29) is 0 Å². The summed E-state index contributed by atoms with van der Waals surface area (Å²) in [5.74, 6) is 0.554. The van der Waals surface area contributed by atoms with Crippen LogP contribution in [-0.2, 0) is 9.53 Å². The van der Waals surface area contributed by atoms with Gasteiger partial charge in [-0.1, -0.05) is 42.5 Å². The second-order valence-corrected chi connectivity index (χ2v) is 2.64. The Morgan fingerprint density at radius 3 is 2.57 bits per heavy atom. The number of allylic oxidation sites excluding steroid dienone is 3. The highest BCUT2D eigenvalue weighted by Crippen LogP contribution is 2.14. The average Bonchev–Trinajstić information content (AvgIpc) is 2.25. The molecule has 0 amide bonds. The molecule has 0 aromatic heterocycles. The lowest BCUT2D eigenvalue weighted by molar-refractivity contribution is -0.122. The monoisotopic (exact) mass is 188 g/mol. The van der Waals surface area contributed by atoms with Crippen molar-refractivity contribution < 1.29 is 9.53 Å². The molecule has 2 heteroatoms. The number of hydrogen-bond donors (Lipinski definition) is 0. The normalized spacial score (nSPS) is 11.6. The Balaban J connectivity index is 2.94. The Morgan fingerprint density at radius 1 is 1.29 bits per heavy atom. The van der Waals surface area contributed by atoms with Gasteiger partial charge in [-0.25, -0.2) is 0 Å². The van der Waals surface area contributed by atoms with Crippen LogP contribution in [0.2, 0.25) is 0 Å². The highest BCUT2D eigenvalue weighted by atomic mass is 16.5. The quantitative estimate of drug-likeness (QED) is 0.412. The summed E-state index contributed by atoms with van der Waals surface area (Å²) < 4.78 is 4.86. The molecule has 72 valence electrons. The average molecular weight is 188 g/mol. The SMILES string of the molecule is CC=CC=C(OC=O)c1ccccc1. The largest absolute Gasteiger partial charge is 0.428 e. The highest BCUT2D eigenvalue weighted by Gasteiger charge is 1.99. The van der Waals surface area contributed by atoms with Crippen molar-refractivity contribution in [2.75, 3.05) is 0 Å². The number of carbonyl (C=O) groups excluding carboxylic acids is 1. The van der Waals surface area contributed by atoms with Crippen molar-refractivity contribution in [1.29, 1.82) is 0 Å². The fourth-order valence-electron chi connectivity index (χ4n) is 1.04. The van der Waals surface area contributed by atoms with Crippen LogP contribution in [0.25, 0.3) is 5.76 Å². The molecule has 0 aliphatic carbocycles. The Morgan fingerprint density at radius 2 is 2.00 bits per heavy atom. The molecule has 2 nitrogen and oxygen atoms in total. The van der Waals surface area contributed by atoms with E-state index in [9.17, 15) is 4.79 Å². The summed E-state index contributed by atoms with van der Waals surface area (Å²) in [5.41, 5.74) is 0.887. The molecular weight excluding hydrogens is 176 g/mol. The van der Waals surface area contributed by atoms with Crippen molar-refractivity contribution in [3.63, 3.8) is 0 Å². The van der Waals surface area contributed by atoms with E-state index in [0.29, 0.717) is 12.2 Å². The van der Waals surface area contributed by atoms with Gasteiger partial charge in [0.2, 0.25) is 0 Å². The molecule has 1 aromatic rings. The molecule has 0 N–H and O–H groups in total. The van der Waals surface area contributed by atoms with E-state index in [1.807, 2.05) is 49.4 Å². The highest BCUT2D eigenvalue weighted by molar-refractivity contribution is 5.66. The second-order valence-electron chi connectivity index (χ2n) is 2.64. The Hall–Kier alpha value is -1.83. The van der Waals surface area contributed by atoms with Crippen LogP contribution >= 0.6 is 0 Å². The van der Waals surface area contributed by atoms with Gasteiger partial charge in [-0.3, -0.25) is 4.79 Å². The molecule has 1 aromatic carbocycles. The van der Waals surface area contributed by atoms with Crippen LogP contribution < -0.4 is 0 Å². The molecule has 0 aliphatic rings. The van der Waals surface area contributed by atoms with Gasteiger partial charge in [0.05, 0.1) is 0 Å². The first-order valence-corrected chi connectivity index (χ1v) is 4.37. The van der Waals surface area contributed by atoms with E-state index in [2.05, 4.69) is 0 Å². The van der Waals surface area contributed by atoms with Gasteiger partial charge in [-0.05, 0) is 13.0 Å². The van der Waals surface area contributed by atoms with Crippen molar-refractivity contribution in [3.8, 4) is 0 Å². The van der Waals surface area contributed by atoms with Crippen LogP contribution in [0.4, 0.5) is 0 Å². The molecule has 0 unspecified atom stereocenters. The number of ether oxygens (including phenoxy) is 1. The van der Waals surface area contributed by atoms with Crippen LogP contribution in [0.1, 0.15) is 12.5 Å². The van der Waals surface area contributed by atoms with E-state index in [0.717, 1.165) is 5.56 Å². The fourth-order valence-corrected chi connectivity index (χ4v) is 1.04. The van der Waals surface area contributed by atoms with Gasteiger partial charge in [-0.15, -0.1) is 0 Å². The molecule has 0 atom stereocenters. The van der Waals surface area contributed by atoms with Gasteiger partial charge in [0.15, 0.2) is 0 Å². The summed E-state index contributed by atoms with van der Waals surface area (Å²) in [6.07, 6.45) is 5.45. The van der Waals surface area contributed by atoms with Gasteiger partial charge in [0.25, 0.3) is 6.47 Å². The predicted molar refractivity (Wildman–Crippen MR) is 56.4 cm³/mol. The maximum absolute atomic E-state index is 10.3. The molecule has 0 heterocycles. The zero-order valence-corrected chi connectivity index (χ0v) is 8.01. The summed E-state index contributed by atoms with van der Waals surface area (Å²) in [6, 6.07) is 9.48. The Kier molecular flexibility index (Phi) is 4.21. The summed E-state index contributed by atoms with van der Waals surface area (Å²) >= 11 is 0. The van der Waals surface area contributed by atoms with E-state index >= 15 is 0 Å². The van der Waals surface area contributed by atoms with Gasteiger partial charge in [0, 0.05) is 5.56 Å². The first-order valence-electron chi connectivity index (χ1n) is 4.37. The van der Waals surface area contributed by atoms with Crippen LogP contribution in [0.3, 0.4) is 0 Å². The van der Waals surface area contributed by atoms with Crippen molar-refractivity contribution >= 4 is 12.2 Å². The Bertz CT molecular complexity index is 337. The number of benzene rings is 1. The molecule has 1 rings (SSSR count). The number of carbonyl (C=O) groups is 1. The predicted octanol–water partition coefficient (Wildman–Crippen LogP) is 2.78. The van der Waals surface area contributed by atoms with Crippen LogP contribution in [-0.4, -0.2) is 6.47 Å². The molecular formula is C12H12O2. The molecule has 0 saturated carbocycles.